The number of nitrogens with zero attached hydrogens (tertiary/aromatic N) is 2. The number of rotatable bonds is 5. The van der Waals surface area contributed by atoms with Crippen LogP contribution in [0.3, 0.4) is 0 Å². The van der Waals surface area contributed by atoms with Crippen LogP contribution in [0.2, 0.25) is 5.02 Å². The van der Waals surface area contributed by atoms with Crippen molar-refractivity contribution in [1.82, 2.24) is 9.97 Å². The molecule has 0 aliphatic carbocycles. The second-order valence-electron chi connectivity index (χ2n) is 4.20. The van der Waals surface area contributed by atoms with Gasteiger partial charge in [0.15, 0.2) is 0 Å². The molecule has 0 unspecified atom stereocenters. The van der Waals surface area contributed by atoms with Gasteiger partial charge in [-0.3, -0.25) is 0 Å². The Morgan fingerprint density at radius 1 is 1.11 bits per heavy atom. The molecule has 0 atom stereocenters. The summed E-state index contributed by atoms with van der Waals surface area (Å²) >= 11 is 5.95. The highest BCUT2D eigenvalue weighted by Crippen LogP contribution is 2.14. The van der Waals surface area contributed by atoms with Crippen molar-refractivity contribution in [3.05, 3.63) is 46.7 Å². The summed E-state index contributed by atoms with van der Waals surface area (Å²) < 4.78 is 0. The van der Waals surface area contributed by atoms with E-state index in [2.05, 4.69) is 20.6 Å². The number of hydrogen-bond donors (Lipinski definition) is 2. The predicted molar refractivity (Wildman–Crippen MR) is 79.7 cm³/mol. The van der Waals surface area contributed by atoms with E-state index in [4.69, 9.17) is 11.6 Å². The van der Waals surface area contributed by atoms with Crippen molar-refractivity contribution in [3.63, 3.8) is 0 Å². The first-order valence-corrected chi connectivity index (χ1v) is 6.63. The number of aromatic nitrogens is 2. The van der Waals surface area contributed by atoms with Gasteiger partial charge < -0.3 is 10.6 Å². The first kappa shape index (κ1) is 13.6. The van der Waals surface area contributed by atoms with Gasteiger partial charge in [-0.1, -0.05) is 23.7 Å². The van der Waals surface area contributed by atoms with E-state index in [9.17, 15) is 0 Å². The van der Waals surface area contributed by atoms with Crippen LogP contribution in [0.15, 0.2) is 30.3 Å². The summed E-state index contributed by atoms with van der Waals surface area (Å²) in [7, 11) is 0. The zero-order valence-electron chi connectivity index (χ0n) is 11.1. The first-order chi connectivity index (χ1) is 9.17. The van der Waals surface area contributed by atoms with Gasteiger partial charge in [0.25, 0.3) is 0 Å². The van der Waals surface area contributed by atoms with E-state index < -0.39 is 0 Å². The summed E-state index contributed by atoms with van der Waals surface area (Å²) in [5.41, 5.74) is 1.12. The third kappa shape index (κ3) is 4.10. The normalized spacial score (nSPS) is 10.3. The molecule has 0 aliphatic heterocycles. The molecule has 1 aromatic heterocycles. The fourth-order valence-electron chi connectivity index (χ4n) is 1.77. The van der Waals surface area contributed by atoms with Gasteiger partial charge in [0.2, 0.25) is 0 Å². The maximum atomic E-state index is 5.95. The highest BCUT2D eigenvalue weighted by Gasteiger charge is 2.01. The molecular weight excluding hydrogens is 260 g/mol. The minimum absolute atomic E-state index is 0.683. The van der Waals surface area contributed by atoms with Crippen molar-refractivity contribution >= 4 is 23.2 Å². The zero-order chi connectivity index (χ0) is 13.7. The third-order valence-corrected chi connectivity index (χ3v) is 2.79. The van der Waals surface area contributed by atoms with Gasteiger partial charge in [-0.15, -0.1) is 0 Å². The Kier molecular flexibility index (Phi) is 4.58. The van der Waals surface area contributed by atoms with Crippen molar-refractivity contribution in [2.75, 3.05) is 17.2 Å². The number of nitrogens with one attached hydrogen (secondary N) is 2. The van der Waals surface area contributed by atoms with E-state index >= 15 is 0 Å². The van der Waals surface area contributed by atoms with Gasteiger partial charge >= 0.3 is 0 Å². The van der Waals surface area contributed by atoms with E-state index in [0.717, 1.165) is 34.6 Å². The summed E-state index contributed by atoms with van der Waals surface area (Å²) in [6.07, 6.45) is 0. The topological polar surface area (TPSA) is 49.8 Å². The molecule has 1 aromatic carbocycles. The molecule has 0 amide bonds. The number of benzene rings is 1. The molecule has 2 N–H and O–H groups in total. The summed E-state index contributed by atoms with van der Waals surface area (Å²) in [6, 6.07) is 9.67. The summed E-state index contributed by atoms with van der Waals surface area (Å²) in [5, 5.41) is 7.20. The summed E-state index contributed by atoms with van der Waals surface area (Å²) in [4.78, 5) is 8.67. The second-order valence-corrected chi connectivity index (χ2v) is 4.64. The van der Waals surface area contributed by atoms with Gasteiger partial charge in [-0.2, -0.15) is 0 Å². The predicted octanol–water partition coefficient (Wildman–Crippen LogP) is 3.48. The van der Waals surface area contributed by atoms with Gasteiger partial charge in [0.1, 0.15) is 17.5 Å². The summed E-state index contributed by atoms with van der Waals surface area (Å²) in [5.74, 6) is 2.39. The number of hydrogen-bond acceptors (Lipinski definition) is 4. The van der Waals surface area contributed by atoms with Crippen LogP contribution in [-0.4, -0.2) is 16.5 Å². The Labute approximate surface area is 118 Å². The Balaban J connectivity index is 2.06. The molecule has 0 saturated carbocycles. The molecule has 0 aliphatic rings. The summed E-state index contributed by atoms with van der Waals surface area (Å²) in [6.45, 7) is 5.44. The van der Waals surface area contributed by atoms with E-state index in [1.165, 1.54) is 0 Å². The average Bonchev–Trinajstić information content (AvgIpc) is 2.36. The van der Waals surface area contributed by atoms with E-state index in [1.54, 1.807) is 0 Å². The van der Waals surface area contributed by atoms with Crippen molar-refractivity contribution in [1.29, 1.82) is 0 Å². The molecule has 0 spiro atoms. The number of halogens is 1. The Morgan fingerprint density at radius 3 is 2.53 bits per heavy atom. The van der Waals surface area contributed by atoms with Crippen molar-refractivity contribution in [3.8, 4) is 0 Å². The maximum Gasteiger partial charge on any atom is 0.132 e. The Morgan fingerprint density at radius 2 is 1.84 bits per heavy atom. The average molecular weight is 277 g/mol. The Hall–Kier alpha value is -1.81. The lowest BCUT2D eigenvalue weighted by Crippen LogP contribution is -2.06. The van der Waals surface area contributed by atoms with Crippen molar-refractivity contribution in [2.45, 2.75) is 20.4 Å². The smallest absolute Gasteiger partial charge is 0.132 e. The lowest BCUT2D eigenvalue weighted by molar-refractivity contribution is 1.01. The highest BCUT2D eigenvalue weighted by atomic mass is 35.5. The van der Waals surface area contributed by atoms with Gasteiger partial charge in [-0.25, -0.2) is 9.97 Å². The van der Waals surface area contributed by atoms with Crippen LogP contribution >= 0.6 is 11.6 Å². The van der Waals surface area contributed by atoms with Crippen molar-refractivity contribution in [2.24, 2.45) is 0 Å². The second kappa shape index (κ2) is 6.38. The molecule has 0 bridgehead atoms. The molecule has 0 radical (unpaired) electrons. The quantitative estimate of drug-likeness (QED) is 0.878. The van der Waals surface area contributed by atoms with Crippen LogP contribution in [0, 0.1) is 6.92 Å². The van der Waals surface area contributed by atoms with Crippen LogP contribution < -0.4 is 10.6 Å². The third-order valence-electron chi connectivity index (χ3n) is 2.56. The van der Waals surface area contributed by atoms with E-state index in [-0.39, 0.29) is 0 Å². The Bertz CT molecular complexity index is 557. The highest BCUT2D eigenvalue weighted by molar-refractivity contribution is 6.30. The molecule has 100 valence electrons. The molecular formula is C14H17ClN4. The molecule has 0 saturated heterocycles. The van der Waals surface area contributed by atoms with Gasteiger partial charge in [0, 0.05) is 24.2 Å². The number of anilines is 2. The number of aryl methyl sites for hydroxylation is 1. The fourth-order valence-corrected chi connectivity index (χ4v) is 1.98. The van der Waals surface area contributed by atoms with Crippen LogP contribution in [0.4, 0.5) is 11.6 Å². The van der Waals surface area contributed by atoms with Crippen LogP contribution in [0.1, 0.15) is 18.3 Å². The van der Waals surface area contributed by atoms with Crippen LogP contribution in [0.5, 0.6) is 0 Å². The lowest BCUT2D eigenvalue weighted by atomic mass is 10.2. The lowest BCUT2D eigenvalue weighted by Gasteiger charge is -2.09. The molecule has 2 rings (SSSR count). The minimum Gasteiger partial charge on any atom is -0.370 e. The largest absolute Gasteiger partial charge is 0.370 e. The standard InChI is InChI=1S/C14H17ClN4/c1-3-16-13-8-14(19-10(2)18-13)17-9-11-5-4-6-12(15)7-11/h4-8H,3,9H2,1-2H3,(H2,16,17,18,19). The van der Waals surface area contributed by atoms with Gasteiger partial charge in [0.05, 0.1) is 0 Å². The molecule has 1 heterocycles. The molecule has 4 nitrogen and oxygen atoms in total. The molecule has 5 heteroatoms. The maximum absolute atomic E-state index is 5.95. The van der Waals surface area contributed by atoms with Gasteiger partial charge in [-0.05, 0) is 31.5 Å². The zero-order valence-corrected chi connectivity index (χ0v) is 11.8. The van der Waals surface area contributed by atoms with Crippen molar-refractivity contribution < 1.29 is 0 Å². The van der Waals surface area contributed by atoms with Crippen LogP contribution in [0.25, 0.3) is 0 Å². The fraction of sp³-hybridized carbons (Fsp3) is 0.286. The van der Waals surface area contributed by atoms with E-state index in [0.29, 0.717) is 6.54 Å². The molecule has 2 aromatic rings. The minimum atomic E-state index is 0.683. The monoisotopic (exact) mass is 276 g/mol. The van der Waals surface area contributed by atoms with E-state index in [1.807, 2.05) is 44.2 Å². The van der Waals surface area contributed by atoms with Crippen LogP contribution in [-0.2, 0) is 6.54 Å². The molecule has 19 heavy (non-hydrogen) atoms. The SMILES string of the molecule is CCNc1cc(NCc2cccc(Cl)c2)nc(C)n1. The first-order valence-electron chi connectivity index (χ1n) is 6.25. The molecule has 0 fully saturated rings.